The number of aryl methyl sites for hydroxylation is 2. The number of nitrogens with zero attached hydrogens (tertiary/aromatic N) is 2. The van der Waals surface area contributed by atoms with Crippen molar-refractivity contribution in [2.45, 2.75) is 32.7 Å². The van der Waals surface area contributed by atoms with E-state index in [2.05, 4.69) is 58.3 Å². The molecule has 0 bridgehead atoms. The zero-order valence-electron chi connectivity index (χ0n) is 11.4. The van der Waals surface area contributed by atoms with Gasteiger partial charge in [0.2, 0.25) is 5.95 Å². The summed E-state index contributed by atoms with van der Waals surface area (Å²) in [5.74, 6) is 0.952. The summed E-state index contributed by atoms with van der Waals surface area (Å²) in [7, 11) is 1.92. The Morgan fingerprint density at radius 2 is 2.00 bits per heavy atom. The zero-order chi connectivity index (χ0) is 13.0. The minimum atomic E-state index is 0.453. The molecule has 0 aliphatic rings. The second-order valence-electron chi connectivity index (χ2n) is 4.74. The van der Waals surface area contributed by atoms with Crippen LogP contribution in [0.25, 0.3) is 0 Å². The summed E-state index contributed by atoms with van der Waals surface area (Å²) < 4.78 is 2.22. The van der Waals surface area contributed by atoms with Crippen molar-refractivity contribution in [1.29, 1.82) is 0 Å². The van der Waals surface area contributed by atoms with Gasteiger partial charge in [-0.2, -0.15) is 0 Å². The van der Waals surface area contributed by atoms with E-state index in [1.165, 1.54) is 5.56 Å². The van der Waals surface area contributed by atoms with Crippen LogP contribution < -0.4 is 5.32 Å². The molecular weight excluding hydrogens is 222 g/mol. The summed E-state index contributed by atoms with van der Waals surface area (Å²) in [4.78, 5) is 4.46. The highest BCUT2D eigenvalue weighted by Gasteiger charge is 2.10. The van der Waals surface area contributed by atoms with E-state index in [9.17, 15) is 0 Å². The van der Waals surface area contributed by atoms with E-state index in [0.29, 0.717) is 6.04 Å². The standard InChI is InChI=1S/C15H21N3/c1-12-11-18(15(16-3)17-12)13(2)9-10-14-7-5-4-6-8-14/h4-8,11,13H,9-10H2,1-3H3,(H,16,17). The predicted octanol–water partition coefficient (Wildman–Crippen LogP) is 3.43. The Balaban J connectivity index is 2.01. The van der Waals surface area contributed by atoms with Crippen LogP contribution >= 0.6 is 0 Å². The van der Waals surface area contributed by atoms with Crippen LogP contribution in [0.15, 0.2) is 36.5 Å². The van der Waals surface area contributed by atoms with E-state index in [0.717, 1.165) is 24.5 Å². The Morgan fingerprint density at radius 1 is 1.28 bits per heavy atom. The van der Waals surface area contributed by atoms with Crippen molar-refractivity contribution in [3.8, 4) is 0 Å². The van der Waals surface area contributed by atoms with Crippen LogP contribution in [-0.4, -0.2) is 16.6 Å². The smallest absolute Gasteiger partial charge is 0.203 e. The summed E-state index contributed by atoms with van der Waals surface area (Å²) in [6, 6.07) is 11.1. The highest BCUT2D eigenvalue weighted by Crippen LogP contribution is 2.20. The molecule has 3 nitrogen and oxygen atoms in total. The second kappa shape index (κ2) is 5.71. The van der Waals surface area contributed by atoms with Crippen molar-refractivity contribution in [3.63, 3.8) is 0 Å². The third-order valence-electron chi connectivity index (χ3n) is 3.24. The van der Waals surface area contributed by atoms with Crippen LogP contribution in [0.4, 0.5) is 5.95 Å². The molecule has 0 radical (unpaired) electrons. The number of benzene rings is 1. The molecule has 0 saturated carbocycles. The Hall–Kier alpha value is -1.77. The number of aromatic nitrogens is 2. The number of hydrogen-bond acceptors (Lipinski definition) is 2. The van der Waals surface area contributed by atoms with Crippen molar-refractivity contribution >= 4 is 5.95 Å². The number of nitrogens with one attached hydrogen (secondary N) is 1. The molecule has 1 atom stereocenters. The molecule has 0 aliphatic carbocycles. The first-order valence-corrected chi connectivity index (χ1v) is 6.48. The minimum absolute atomic E-state index is 0.453. The van der Waals surface area contributed by atoms with Crippen molar-refractivity contribution in [2.75, 3.05) is 12.4 Å². The molecule has 2 rings (SSSR count). The summed E-state index contributed by atoms with van der Waals surface area (Å²) >= 11 is 0. The number of imidazole rings is 1. The van der Waals surface area contributed by atoms with Crippen LogP contribution in [0.5, 0.6) is 0 Å². The highest BCUT2D eigenvalue weighted by atomic mass is 15.2. The first-order chi connectivity index (χ1) is 8.70. The van der Waals surface area contributed by atoms with Crippen LogP contribution in [0, 0.1) is 6.92 Å². The van der Waals surface area contributed by atoms with Crippen LogP contribution in [-0.2, 0) is 6.42 Å². The molecule has 0 aliphatic heterocycles. The predicted molar refractivity (Wildman–Crippen MR) is 76.0 cm³/mol. The van der Waals surface area contributed by atoms with Gasteiger partial charge >= 0.3 is 0 Å². The molecule has 96 valence electrons. The Kier molecular flexibility index (Phi) is 4.03. The molecular formula is C15H21N3. The van der Waals surface area contributed by atoms with Gasteiger partial charge in [0.25, 0.3) is 0 Å². The fourth-order valence-electron chi connectivity index (χ4n) is 2.20. The summed E-state index contributed by atoms with van der Waals surface area (Å²) in [5.41, 5.74) is 2.46. The Morgan fingerprint density at radius 3 is 2.67 bits per heavy atom. The third-order valence-corrected chi connectivity index (χ3v) is 3.24. The van der Waals surface area contributed by atoms with E-state index in [1.807, 2.05) is 14.0 Å². The van der Waals surface area contributed by atoms with Gasteiger partial charge in [0.15, 0.2) is 0 Å². The quantitative estimate of drug-likeness (QED) is 0.872. The Bertz CT molecular complexity index is 488. The van der Waals surface area contributed by atoms with Crippen LogP contribution in [0.3, 0.4) is 0 Å². The fourth-order valence-corrected chi connectivity index (χ4v) is 2.20. The van der Waals surface area contributed by atoms with Crippen LogP contribution in [0.1, 0.15) is 30.6 Å². The van der Waals surface area contributed by atoms with Gasteiger partial charge in [0, 0.05) is 19.3 Å². The molecule has 1 aromatic heterocycles. The van der Waals surface area contributed by atoms with E-state index < -0.39 is 0 Å². The number of anilines is 1. The average molecular weight is 243 g/mol. The lowest BCUT2D eigenvalue weighted by Crippen LogP contribution is -2.09. The lowest BCUT2D eigenvalue weighted by molar-refractivity contribution is 0.511. The molecule has 18 heavy (non-hydrogen) atoms. The van der Waals surface area contributed by atoms with Crippen molar-refractivity contribution < 1.29 is 0 Å². The molecule has 1 heterocycles. The molecule has 0 fully saturated rings. The van der Waals surface area contributed by atoms with Gasteiger partial charge in [0.05, 0.1) is 5.69 Å². The van der Waals surface area contributed by atoms with Gasteiger partial charge in [-0.05, 0) is 32.3 Å². The molecule has 0 spiro atoms. The Labute approximate surface area is 109 Å². The minimum Gasteiger partial charge on any atom is -0.359 e. The topological polar surface area (TPSA) is 29.9 Å². The second-order valence-corrected chi connectivity index (χ2v) is 4.74. The van der Waals surface area contributed by atoms with Gasteiger partial charge in [-0.1, -0.05) is 30.3 Å². The lowest BCUT2D eigenvalue weighted by Gasteiger charge is -2.15. The maximum absolute atomic E-state index is 4.46. The van der Waals surface area contributed by atoms with E-state index >= 15 is 0 Å². The normalized spacial score (nSPS) is 12.4. The summed E-state index contributed by atoms with van der Waals surface area (Å²) in [6.07, 6.45) is 4.33. The fraction of sp³-hybridized carbons (Fsp3) is 0.400. The first-order valence-electron chi connectivity index (χ1n) is 6.48. The molecule has 1 aromatic carbocycles. The van der Waals surface area contributed by atoms with Crippen molar-refractivity contribution in [2.24, 2.45) is 0 Å². The van der Waals surface area contributed by atoms with Gasteiger partial charge in [0.1, 0.15) is 0 Å². The molecule has 0 saturated heterocycles. The maximum atomic E-state index is 4.46. The lowest BCUT2D eigenvalue weighted by atomic mass is 10.1. The van der Waals surface area contributed by atoms with Crippen molar-refractivity contribution in [3.05, 3.63) is 47.8 Å². The highest BCUT2D eigenvalue weighted by molar-refractivity contribution is 5.28. The van der Waals surface area contributed by atoms with Gasteiger partial charge < -0.3 is 9.88 Å². The monoisotopic (exact) mass is 243 g/mol. The van der Waals surface area contributed by atoms with Gasteiger partial charge in [-0.25, -0.2) is 4.98 Å². The molecule has 3 heteroatoms. The van der Waals surface area contributed by atoms with Crippen LogP contribution in [0.2, 0.25) is 0 Å². The largest absolute Gasteiger partial charge is 0.359 e. The molecule has 2 aromatic rings. The first kappa shape index (κ1) is 12.7. The van der Waals surface area contributed by atoms with E-state index in [1.54, 1.807) is 0 Å². The maximum Gasteiger partial charge on any atom is 0.203 e. The number of hydrogen-bond donors (Lipinski definition) is 1. The van der Waals surface area contributed by atoms with Gasteiger partial charge in [-0.15, -0.1) is 0 Å². The molecule has 1 unspecified atom stereocenters. The zero-order valence-corrected chi connectivity index (χ0v) is 11.4. The molecule has 1 N–H and O–H groups in total. The third kappa shape index (κ3) is 2.92. The number of rotatable bonds is 5. The summed E-state index contributed by atoms with van der Waals surface area (Å²) in [5, 5.41) is 3.15. The van der Waals surface area contributed by atoms with E-state index in [-0.39, 0.29) is 0 Å². The SMILES string of the molecule is CNc1nc(C)cn1C(C)CCc1ccccc1. The molecule has 0 amide bonds. The van der Waals surface area contributed by atoms with Crippen molar-refractivity contribution in [1.82, 2.24) is 9.55 Å². The van der Waals surface area contributed by atoms with E-state index in [4.69, 9.17) is 0 Å². The average Bonchev–Trinajstić information content (AvgIpc) is 2.78. The summed E-state index contributed by atoms with van der Waals surface area (Å²) in [6.45, 7) is 4.27. The van der Waals surface area contributed by atoms with Gasteiger partial charge in [-0.3, -0.25) is 0 Å².